The third kappa shape index (κ3) is 1.35. The van der Waals surface area contributed by atoms with Gasteiger partial charge in [0.1, 0.15) is 0 Å². The van der Waals surface area contributed by atoms with Crippen molar-refractivity contribution in [3.8, 4) is 0 Å². The van der Waals surface area contributed by atoms with Crippen LogP contribution in [0.5, 0.6) is 0 Å². The SMILES string of the molecule is [2H]c1cc2sccc2c2cc3c([2H])cc4sccc4c3cc12. The van der Waals surface area contributed by atoms with Gasteiger partial charge in [0.25, 0.3) is 0 Å². The normalized spacial score (nSPS) is 13.4. The second-order valence-corrected chi connectivity index (χ2v) is 6.81. The lowest BCUT2D eigenvalue weighted by Gasteiger charge is -2.05. The Hall–Kier alpha value is -1.90. The molecule has 0 N–H and O–H groups in total. The molecule has 2 aromatic heterocycles. The van der Waals surface area contributed by atoms with Crippen LogP contribution in [0.25, 0.3) is 41.7 Å². The van der Waals surface area contributed by atoms with Gasteiger partial charge in [-0.2, -0.15) is 0 Å². The molecule has 0 atom stereocenters. The molecule has 2 heteroatoms. The Labute approximate surface area is 126 Å². The van der Waals surface area contributed by atoms with Crippen molar-refractivity contribution in [1.82, 2.24) is 0 Å². The largest absolute Gasteiger partial charge is 0.144 e. The van der Waals surface area contributed by atoms with Crippen LogP contribution >= 0.6 is 22.7 Å². The lowest BCUT2D eigenvalue weighted by molar-refractivity contribution is 1.89. The summed E-state index contributed by atoms with van der Waals surface area (Å²) in [5, 5.41) is 10.6. The summed E-state index contributed by atoms with van der Waals surface area (Å²) in [7, 11) is 0. The van der Waals surface area contributed by atoms with Gasteiger partial charge in [0.05, 0.1) is 2.74 Å². The highest BCUT2D eigenvalue weighted by atomic mass is 32.1. The van der Waals surface area contributed by atoms with Gasteiger partial charge < -0.3 is 0 Å². The van der Waals surface area contributed by atoms with Crippen LogP contribution in [0.2, 0.25) is 0 Å². The first-order valence-corrected chi connectivity index (χ1v) is 8.19. The Morgan fingerprint density at radius 1 is 0.650 bits per heavy atom. The van der Waals surface area contributed by atoms with Gasteiger partial charge in [0, 0.05) is 20.2 Å². The van der Waals surface area contributed by atoms with Gasteiger partial charge in [0.15, 0.2) is 0 Å². The van der Waals surface area contributed by atoms with Crippen LogP contribution in [0.1, 0.15) is 2.74 Å². The Bertz CT molecular complexity index is 1100. The Morgan fingerprint density at radius 3 is 1.65 bits per heavy atom. The minimum absolute atomic E-state index is 0.561. The van der Waals surface area contributed by atoms with Gasteiger partial charge in [0.2, 0.25) is 0 Å². The number of rotatable bonds is 0. The fourth-order valence-corrected chi connectivity index (χ4v) is 4.45. The van der Waals surface area contributed by atoms with E-state index in [1.54, 1.807) is 22.7 Å². The first-order valence-electron chi connectivity index (χ1n) is 7.43. The fourth-order valence-electron chi connectivity index (χ4n) is 2.88. The van der Waals surface area contributed by atoms with E-state index in [-0.39, 0.29) is 0 Å². The molecule has 0 fully saturated rings. The van der Waals surface area contributed by atoms with Crippen molar-refractivity contribution in [3.05, 3.63) is 59.2 Å². The molecule has 0 amide bonds. The van der Waals surface area contributed by atoms with Gasteiger partial charge >= 0.3 is 0 Å². The fraction of sp³-hybridized carbons (Fsp3) is 0. The van der Waals surface area contributed by atoms with E-state index in [2.05, 4.69) is 35.0 Å². The van der Waals surface area contributed by atoms with Crippen molar-refractivity contribution < 1.29 is 2.74 Å². The van der Waals surface area contributed by atoms with Crippen LogP contribution < -0.4 is 0 Å². The Morgan fingerprint density at radius 2 is 1.15 bits per heavy atom. The molecule has 0 spiro atoms. The predicted molar refractivity (Wildman–Crippen MR) is 92.2 cm³/mol. The van der Waals surface area contributed by atoms with Crippen LogP contribution in [0, 0.1) is 0 Å². The summed E-state index contributed by atoms with van der Waals surface area (Å²) in [4.78, 5) is 0. The highest BCUT2D eigenvalue weighted by Gasteiger charge is 2.06. The molecule has 0 aliphatic heterocycles. The van der Waals surface area contributed by atoms with Crippen molar-refractivity contribution in [1.29, 1.82) is 0 Å². The average Bonchev–Trinajstić information content (AvgIpc) is 3.15. The number of hydrogen-bond acceptors (Lipinski definition) is 2. The average molecular weight is 292 g/mol. The van der Waals surface area contributed by atoms with E-state index in [0.29, 0.717) is 12.1 Å². The van der Waals surface area contributed by atoms with Crippen LogP contribution in [-0.4, -0.2) is 0 Å². The molecule has 5 aromatic rings. The zero-order valence-electron chi connectivity index (χ0n) is 12.4. The molecule has 0 aliphatic rings. The van der Waals surface area contributed by atoms with Gasteiger partial charge in [-0.3, -0.25) is 0 Å². The third-order valence-corrected chi connectivity index (χ3v) is 5.57. The second-order valence-electron chi connectivity index (χ2n) is 4.92. The molecule has 0 nitrogen and oxygen atoms in total. The number of fused-ring (bicyclic) bond motifs is 6. The molecular weight excluding hydrogens is 280 g/mol. The summed E-state index contributed by atoms with van der Waals surface area (Å²) in [6.45, 7) is 0. The first kappa shape index (κ1) is 9.11. The molecule has 5 rings (SSSR count). The molecular formula is C18H10S2. The third-order valence-electron chi connectivity index (χ3n) is 3.85. The lowest BCUT2D eigenvalue weighted by atomic mass is 9.99. The van der Waals surface area contributed by atoms with E-state index in [0.717, 1.165) is 30.9 Å². The number of thiophene rings is 2. The molecule has 2 heterocycles. The van der Waals surface area contributed by atoms with Crippen LogP contribution in [-0.2, 0) is 0 Å². The van der Waals surface area contributed by atoms with Crippen molar-refractivity contribution >= 4 is 64.4 Å². The molecule has 0 unspecified atom stereocenters. The van der Waals surface area contributed by atoms with Crippen molar-refractivity contribution in [2.75, 3.05) is 0 Å². The summed E-state index contributed by atoms with van der Waals surface area (Å²) in [6.07, 6.45) is 0. The lowest BCUT2D eigenvalue weighted by Crippen LogP contribution is -1.78. The number of benzene rings is 3. The maximum Gasteiger partial charge on any atom is 0.0630 e. The summed E-state index contributed by atoms with van der Waals surface area (Å²) in [5.74, 6) is 0. The van der Waals surface area contributed by atoms with Crippen molar-refractivity contribution in [2.24, 2.45) is 0 Å². The monoisotopic (exact) mass is 292 g/mol. The van der Waals surface area contributed by atoms with Crippen LogP contribution in [0.15, 0.2) is 59.2 Å². The smallest absolute Gasteiger partial charge is 0.0630 e. The van der Waals surface area contributed by atoms with E-state index < -0.39 is 0 Å². The Kier molecular flexibility index (Phi) is 1.74. The second kappa shape index (κ2) is 3.81. The molecule has 94 valence electrons. The highest BCUT2D eigenvalue weighted by molar-refractivity contribution is 7.17. The standard InChI is InChI=1S/C18H10S2/c1-3-17-13(5-7-19-17)15-10-12-2-4-18-14(6-8-20-18)16(12)9-11(1)15/h1-10H/i1D,2D. The highest BCUT2D eigenvalue weighted by Crippen LogP contribution is 2.35. The Balaban J connectivity index is 2.11. The van der Waals surface area contributed by atoms with Gasteiger partial charge in [-0.15, -0.1) is 22.7 Å². The minimum Gasteiger partial charge on any atom is -0.144 e. The molecule has 3 aromatic carbocycles. The first-order chi connectivity index (χ1) is 10.7. The van der Waals surface area contributed by atoms with E-state index in [1.165, 1.54) is 10.8 Å². The molecule has 0 saturated heterocycles. The topological polar surface area (TPSA) is 0 Å². The quantitative estimate of drug-likeness (QED) is 0.289. The summed E-state index contributed by atoms with van der Waals surface area (Å²) >= 11 is 3.33. The van der Waals surface area contributed by atoms with E-state index in [9.17, 15) is 0 Å². The maximum absolute atomic E-state index is 8.35. The van der Waals surface area contributed by atoms with Crippen LogP contribution in [0.3, 0.4) is 0 Å². The molecule has 0 saturated carbocycles. The molecule has 20 heavy (non-hydrogen) atoms. The summed E-state index contributed by atoms with van der Waals surface area (Å²) in [6, 6.07) is 13.4. The predicted octanol–water partition coefficient (Wildman–Crippen LogP) is 6.42. The minimum atomic E-state index is 0.561. The number of hydrogen-bond donors (Lipinski definition) is 0. The summed E-state index contributed by atoms with van der Waals surface area (Å²) in [5.41, 5.74) is 0. The van der Waals surface area contributed by atoms with Crippen LogP contribution in [0.4, 0.5) is 0 Å². The summed E-state index contributed by atoms with van der Waals surface area (Å²) < 4.78 is 19.0. The zero-order chi connectivity index (χ0) is 14.8. The zero-order valence-corrected chi connectivity index (χ0v) is 12.1. The molecule has 0 aliphatic carbocycles. The van der Waals surface area contributed by atoms with E-state index >= 15 is 0 Å². The van der Waals surface area contributed by atoms with Gasteiger partial charge in [-0.05, 0) is 68.7 Å². The van der Waals surface area contributed by atoms with E-state index in [1.807, 2.05) is 12.1 Å². The van der Waals surface area contributed by atoms with Gasteiger partial charge in [-0.25, -0.2) is 0 Å². The maximum atomic E-state index is 8.35. The van der Waals surface area contributed by atoms with E-state index in [4.69, 9.17) is 2.74 Å². The van der Waals surface area contributed by atoms with Gasteiger partial charge in [-0.1, -0.05) is 12.1 Å². The molecule has 0 bridgehead atoms. The van der Waals surface area contributed by atoms with Crippen molar-refractivity contribution in [2.45, 2.75) is 0 Å². The van der Waals surface area contributed by atoms with Crippen molar-refractivity contribution in [3.63, 3.8) is 0 Å². The molecule has 0 radical (unpaired) electrons.